The number of amides is 1. The monoisotopic (exact) mass is 442 g/mol. The van der Waals surface area contributed by atoms with Gasteiger partial charge < -0.3 is 14.3 Å². The lowest BCUT2D eigenvalue weighted by atomic mass is 10.2. The summed E-state index contributed by atoms with van der Waals surface area (Å²) in [5, 5.41) is 2.82. The number of carbonyl (C=O) groups is 1. The summed E-state index contributed by atoms with van der Waals surface area (Å²) in [5.74, 6) is 0.924. The van der Waals surface area contributed by atoms with E-state index in [9.17, 15) is 13.2 Å². The molecule has 0 spiro atoms. The predicted molar refractivity (Wildman–Crippen MR) is 117 cm³/mol. The van der Waals surface area contributed by atoms with Crippen molar-refractivity contribution >= 4 is 21.6 Å². The summed E-state index contributed by atoms with van der Waals surface area (Å²) in [5.41, 5.74) is 2.52. The third-order valence-electron chi connectivity index (χ3n) is 5.58. The predicted octanol–water partition coefficient (Wildman–Crippen LogP) is 3.72. The number of piperidine rings is 1. The lowest BCUT2D eigenvalue weighted by Gasteiger charge is -2.25. The molecule has 1 aromatic carbocycles. The van der Waals surface area contributed by atoms with Crippen LogP contribution in [0.4, 0.5) is 5.69 Å². The van der Waals surface area contributed by atoms with Gasteiger partial charge in [-0.25, -0.2) is 13.4 Å². The van der Waals surface area contributed by atoms with E-state index < -0.39 is 10.0 Å². The molecule has 0 aliphatic carbocycles. The molecule has 1 fully saturated rings. The Morgan fingerprint density at radius 3 is 2.39 bits per heavy atom. The normalized spacial score (nSPS) is 15.2. The molecule has 164 valence electrons. The number of hydrogen-bond donors (Lipinski definition) is 1. The molecule has 3 aromatic rings. The van der Waals surface area contributed by atoms with E-state index in [1.54, 1.807) is 23.7 Å². The van der Waals surface area contributed by atoms with Crippen LogP contribution in [0.1, 0.15) is 41.2 Å². The van der Waals surface area contributed by atoms with Gasteiger partial charge in [-0.2, -0.15) is 4.31 Å². The second-order valence-corrected chi connectivity index (χ2v) is 9.77. The molecule has 1 aliphatic heterocycles. The van der Waals surface area contributed by atoms with Crippen LogP contribution < -0.4 is 5.32 Å². The Morgan fingerprint density at radius 1 is 1.10 bits per heavy atom. The Kier molecular flexibility index (Phi) is 5.72. The Balaban J connectivity index is 1.50. The lowest BCUT2D eigenvalue weighted by Crippen LogP contribution is -2.35. The molecule has 0 radical (unpaired) electrons. The van der Waals surface area contributed by atoms with E-state index in [1.807, 2.05) is 26.0 Å². The average Bonchev–Trinajstić information content (AvgIpc) is 3.32. The van der Waals surface area contributed by atoms with Gasteiger partial charge >= 0.3 is 0 Å². The van der Waals surface area contributed by atoms with Crippen LogP contribution in [0.5, 0.6) is 0 Å². The summed E-state index contributed by atoms with van der Waals surface area (Å²) in [6.45, 7) is 4.79. The standard InChI is InChI=1S/C22H26N4O4S/c1-15-16(2)30-22(23-15)17-7-9-18(10-8-17)24-21(27)20-13-19(14-25(20)3)31(28,29)26-11-5-4-6-12-26/h7-10,13-14H,4-6,11-12H2,1-3H3,(H,24,27). The fourth-order valence-electron chi connectivity index (χ4n) is 3.64. The highest BCUT2D eigenvalue weighted by Crippen LogP contribution is 2.25. The molecule has 8 nitrogen and oxygen atoms in total. The van der Waals surface area contributed by atoms with Crippen molar-refractivity contribution < 1.29 is 17.6 Å². The highest BCUT2D eigenvalue weighted by atomic mass is 32.2. The molecule has 1 aliphatic rings. The van der Waals surface area contributed by atoms with E-state index >= 15 is 0 Å². The summed E-state index contributed by atoms with van der Waals surface area (Å²) in [6.07, 6.45) is 4.27. The molecule has 0 unspecified atom stereocenters. The molecule has 1 N–H and O–H groups in total. The van der Waals surface area contributed by atoms with E-state index in [4.69, 9.17) is 4.42 Å². The van der Waals surface area contributed by atoms with Crippen molar-refractivity contribution in [2.75, 3.05) is 18.4 Å². The zero-order chi connectivity index (χ0) is 22.2. The first-order valence-corrected chi connectivity index (χ1v) is 11.7. The highest BCUT2D eigenvalue weighted by molar-refractivity contribution is 7.89. The maximum atomic E-state index is 12.9. The molecule has 3 heterocycles. The van der Waals surface area contributed by atoms with Crippen LogP contribution in [-0.4, -0.2) is 41.3 Å². The van der Waals surface area contributed by atoms with Gasteiger partial charge in [0.15, 0.2) is 0 Å². The number of benzene rings is 1. The first-order chi connectivity index (χ1) is 14.8. The Morgan fingerprint density at radius 2 is 1.77 bits per heavy atom. The Bertz CT molecular complexity index is 1180. The SMILES string of the molecule is Cc1nc(-c2ccc(NC(=O)c3cc(S(=O)(=O)N4CCCCC4)cn3C)cc2)oc1C. The van der Waals surface area contributed by atoms with Crippen molar-refractivity contribution in [2.45, 2.75) is 38.0 Å². The largest absolute Gasteiger partial charge is 0.441 e. The number of rotatable bonds is 5. The summed E-state index contributed by atoms with van der Waals surface area (Å²) in [4.78, 5) is 17.3. The van der Waals surface area contributed by atoms with Gasteiger partial charge in [-0.1, -0.05) is 6.42 Å². The van der Waals surface area contributed by atoms with E-state index in [0.29, 0.717) is 24.7 Å². The third-order valence-corrected chi connectivity index (χ3v) is 7.45. The molecule has 0 bridgehead atoms. The molecule has 9 heteroatoms. The zero-order valence-electron chi connectivity index (χ0n) is 17.9. The van der Waals surface area contributed by atoms with E-state index in [2.05, 4.69) is 10.3 Å². The fraction of sp³-hybridized carbons (Fsp3) is 0.364. The quantitative estimate of drug-likeness (QED) is 0.649. The van der Waals surface area contributed by atoms with Gasteiger partial charge in [0.1, 0.15) is 16.3 Å². The fourth-order valence-corrected chi connectivity index (χ4v) is 5.23. The van der Waals surface area contributed by atoms with Gasteiger partial charge in [-0.05, 0) is 57.0 Å². The summed E-state index contributed by atoms with van der Waals surface area (Å²) < 4.78 is 34.5. The summed E-state index contributed by atoms with van der Waals surface area (Å²) in [6, 6.07) is 8.59. The number of hydrogen-bond acceptors (Lipinski definition) is 5. The first-order valence-electron chi connectivity index (χ1n) is 10.3. The van der Waals surface area contributed by atoms with Crippen LogP contribution in [0.3, 0.4) is 0 Å². The van der Waals surface area contributed by atoms with Gasteiger partial charge in [0.25, 0.3) is 5.91 Å². The number of nitrogens with zero attached hydrogens (tertiary/aromatic N) is 3. The number of nitrogens with one attached hydrogen (secondary N) is 1. The zero-order valence-corrected chi connectivity index (χ0v) is 18.7. The second-order valence-electron chi connectivity index (χ2n) is 7.83. The molecule has 31 heavy (non-hydrogen) atoms. The van der Waals surface area contributed by atoms with Gasteiger partial charge in [-0.15, -0.1) is 0 Å². The van der Waals surface area contributed by atoms with E-state index in [1.165, 1.54) is 16.6 Å². The smallest absolute Gasteiger partial charge is 0.272 e. The van der Waals surface area contributed by atoms with Crippen molar-refractivity contribution in [3.05, 3.63) is 53.7 Å². The van der Waals surface area contributed by atoms with Crippen LogP contribution in [0.2, 0.25) is 0 Å². The van der Waals surface area contributed by atoms with Crippen LogP contribution >= 0.6 is 0 Å². The Labute approximate surface area is 181 Å². The van der Waals surface area contributed by atoms with Crippen molar-refractivity contribution in [2.24, 2.45) is 7.05 Å². The number of oxazole rings is 1. The van der Waals surface area contributed by atoms with Crippen molar-refractivity contribution in [1.82, 2.24) is 13.9 Å². The van der Waals surface area contributed by atoms with Crippen LogP contribution in [0, 0.1) is 13.8 Å². The van der Waals surface area contributed by atoms with Crippen molar-refractivity contribution in [3.63, 3.8) is 0 Å². The Hall–Kier alpha value is -2.91. The molecule has 2 aromatic heterocycles. The molecule has 0 saturated carbocycles. The van der Waals surface area contributed by atoms with Crippen LogP contribution in [0.25, 0.3) is 11.5 Å². The highest BCUT2D eigenvalue weighted by Gasteiger charge is 2.28. The maximum absolute atomic E-state index is 12.9. The van der Waals surface area contributed by atoms with Crippen LogP contribution in [-0.2, 0) is 17.1 Å². The third kappa shape index (κ3) is 4.28. The number of aryl methyl sites for hydroxylation is 3. The second kappa shape index (κ2) is 8.32. The summed E-state index contributed by atoms with van der Waals surface area (Å²) >= 11 is 0. The number of anilines is 1. The lowest BCUT2D eigenvalue weighted by molar-refractivity contribution is 0.101. The topological polar surface area (TPSA) is 97.4 Å². The van der Waals surface area contributed by atoms with Gasteiger partial charge in [-0.3, -0.25) is 4.79 Å². The molecular formula is C22H26N4O4S. The van der Waals surface area contributed by atoms with Crippen LogP contribution in [0.15, 0.2) is 45.8 Å². The molecule has 0 atom stereocenters. The van der Waals surface area contributed by atoms with Gasteiger partial charge in [0.2, 0.25) is 15.9 Å². The number of aromatic nitrogens is 2. The number of carbonyl (C=O) groups excluding carboxylic acids is 1. The van der Waals surface area contributed by atoms with Crippen molar-refractivity contribution in [1.29, 1.82) is 0 Å². The molecule has 1 amide bonds. The first kappa shape index (κ1) is 21.3. The average molecular weight is 443 g/mol. The van der Waals surface area contributed by atoms with Gasteiger partial charge in [0, 0.05) is 37.6 Å². The minimum absolute atomic E-state index is 0.145. The molecule has 4 rings (SSSR count). The van der Waals surface area contributed by atoms with E-state index in [0.717, 1.165) is 36.3 Å². The van der Waals surface area contributed by atoms with E-state index in [-0.39, 0.29) is 16.5 Å². The van der Waals surface area contributed by atoms with Gasteiger partial charge in [0.05, 0.1) is 5.69 Å². The maximum Gasteiger partial charge on any atom is 0.272 e. The minimum atomic E-state index is -3.59. The molecule has 1 saturated heterocycles. The molecular weight excluding hydrogens is 416 g/mol. The minimum Gasteiger partial charge on any atom is -0.441 e. The number of sulfonamides is 1. The summed E-state index contributed by atoms with van der Waals surface area (Å²) in [7, 11) is -1.93. The van der Waals surface area contributed by atoms with Crippen molar-refractivity contribution in [3.8, 4) is 11.5 Å².